The van der Waals surface area contributed by atoms with Crippen molar-refractivity contribution in [1.29, 1.82) is 0 Å². The first-order valence-corrected chi connectivity index (χ1v) is 11.5. The van der Waals surface area contributed by atoms with E-state index in [1.54, 1.807) is 36.5 Å². The number of benzene rings is 3. The molecule has 1 amide bonds. The van der Waals surface area contributed by atoms with E-state index >= 15 is 0 Å². The number of carbonyl (C=O) groups is 1. The highest BCUT2D eigenvalue weighted by Crippen LogP contribution is 2.37. The molecule has 7 nitrogen and oxygen atoms in total. The molecule has 0 radical (unpaired) electrons. The van der Waals surface area contributed by atoms with Crippen LogP contribution in [0.4, 0.5) is 10.1 Å². The molecule has 4 rings (SSSR count). The molecule has 4 aromatic rings. The summed E-state index contributed by atoms with van der Waals surface area (Å²) in [6, 6.07) is 13.9. The van der Waals surface area contributed by atoms with E-state index in [-0.39, 0.29) is 26.5 Å². The van der Waals surface area contributed by atoms with Gasteiger partial charge in [-0.25, -0.2) is 4.39 Å². The molecule has 0 bridgehead atoms. The average Bonchev–Trinajstić information content (AvgIpc) is 2.84. The third kappa shape index (κ3) is 5.43. The Bertz CT molecular complexity index is 1470. The average molecular weight is 546 g/mol. The van der Waals surface area contributed by atoms with E-state index in [0.717, 1.165) is 0 Å². The van der Waals surface area contributed by atoms with Gasteiger partial charge in [0.25, 0.3) is 5.91 Å². The molecule has 2 N–H and O–H groups in total. The maximum atomic E-state index is 14.9. The molecular weight excluding hydrogens is 528 g/mol. The molecule has 1 heterocycles. The van der Waals surface area contributed by atoms with E-state index in [1.165, 1.54) is 38.5 Å². The largest absolute Gasteiger partial charge is 0.493 e. The van der Waals surface area contributed by atoms with Crippen molar-refractivity contribution in [2.45, 2.75) is 0 Å². The number of nitrogens with one attached hydrogen (secondary N) is 2. The standard InChI is InChI=1S/C25H18Cl2FN3O4S/c1-33-21-11-14-18(12-22(21)34-2)29-9-8-19(14)35-20-7-6-13(10-17(20)28)30-25(36)31-24(32)23-15(26)4-3-5-16(23)27/h3-12H,1-2H3,(H2,30,31,32,36). The number of methoxy groups -OCH3 is 2. The summed E-state index contributed by atoms with van der Waals surface area (Å²) in [5.74, 6) is 0.0853. The van der Waals surface area contributed by atoms with Crippen LogP contribution in [0.15, 0.2) is 60.8 Å². The maximum absolute atomic E-state index is 14.9. The second kappa shape index (κ2) is 10.9. The number of rotatable bonds is 6. The highest BCUT2D eigenvalue weighted by molar-refractivity contribution is 7.80. The minimum atomic E-state index is -0.659. The molecule has 11 heteroatoms. The Labute approximate surface area is 221 Å². The summed E-state index contributed by atoms with van der Waals surface area (Å²) in [4.78, 5) is 16.8. The van der Waals surface area contributed by atoms with Crippen LogP contribution in [-0.4, -0.2) is 30.2 Å². The molecule has 0 aliphatic heterocycles. The Morgan fingerprint density at radius 3 is 2.31 bits per heavy atom. The molecular formula is C25H18Cl2FN3O4S. The number of amides is 1. The first-order valence-electron chi connectivity index (χ1n) is 10.3. The second-order valence-electron chi connectivity index (χ2n) is 7.29. The fraction of sp³-hybridized carbons (Fsp3) is 0.0800. The van der Waals surface area contributed by atoms with Gasteiger partial charge in [-0.2, -0.15) is 0 Å². The summed E-state index contributed by atoms with van der Waals surface area (Å²) in [5, 5.41) is 6.12. The summed E-state index contributed by atoms with van der Waals surface area (Å²) in [5.41, 5.74) is 0.962. The normalized spacial score (nSPS) is 10.6. The monoisotopic (exact) mass is 545 g/mol. The van der Waals surface area contributed by atoms with Gasteiger partial charge in [0.1, 0.15) is 5.75 Å². The molecule has 0 unspecified atom stereocenters. The van der Waals surface area contributed by atoms with Gasteiger partial charge in [-0.15, -0.1) is 0 Å². The minimum absolute atomic E-state index is 0.0272. The highest BCUT2D eigenvalue weighted by Gasteiger charge is 2.17. The number of ether oxygens (including phenoxy) is 3. The Morgan fingerprint density at radius 1 is 0.944 bits per heavy atom. The van der Waals surface area contributed by atoms with Crippen molar-refractivity contribution in [2.24, 2.45) is 0 Å². The van der Waals surface area contributed by atoms with Crippen molar-refractivity contribution in [3.8, 4) is 23.0 Å². The zero-order chi connectivity index (χ0) is 25.8. The Hall–Kier alpha value is -3.66. The third-order valence-corrected chi connectivity index (χ3v) is 5.87. The van der Waals surface area contributed by atoms with Crippen LogP contribution in [0.1, 0.15) is 10.4 Å². The van der Waals surface area contributed by atoms with Crippen LogP contribution < -0.4 is 24.8 Å². The molecule has 0 saturated heterocycles. The molecule has 0 aliphatic carbocycles. The number of fused-ring (bicyclic) bond motifs is 1. The van der Waals surface area contributed by atoms with Crippen LogP contribution in [0.3, 0.4) is 0 Å². The van der Waals surface area contributed by atoms with Crippen molar-refractivity contribution >= 4 is 63.0 Å². The van der Waals surface area contributed by atoms with Crippen molar-refractivity contribution < 1.29 is 23.4 Å². The number of hydrogen-bond acceptors (Lipinski definition) is 6. The molecule has 3 aromatic carbocycles. The summed E-state index contributed by atoms with van der Waals surface area (Å²) >= 11 is 17.3. The predicted molar refractivity (Wildman–Crippen MR) is 141 cm³/mol. The van der Waals surface area contributed by atoms with Gasteiger partial charge in [0, 0.05) is 29.4 Å². The molecule has 36 heavy (non-hydrogen) atoms. The molecule has 0 saturated carbocycles. The van der Waals surface area contributed by atoms with E-state index in [0.29, 0.717) is 33.8 Å². The van der Waals surface area contributed by atoms with Crippen molar-refractivity contribution in [3.05, 3.63) is 82.2 Å². The predicted octanol–water partition coefficient (Wildman–Crippen LogP) is 6.62. The van der Waals surface area contributed by atoms with Crippen molar-refractivity contribution in [2.75, 3.05) is 19.5 Å². The summed E-state index contributed by atoms with van der Waals surface area (Å²) in [6.45, 7) is 0. The first-order chi connectivity index (χ1) is 17.3. The fourth-order valence-electron chi connectivity index (χ4n) is 3.36. The number of halogens is 3. The van der Waals surface area contributed by atoms with E-state index in [9.17, 15) is 9.18 Å². The molecule has 1 aromatic heterocycles. The van der Waals surface area contributed by atoms with Crippen molar-refractivity contribution in [3.63, 3.8) is 0 Å². The SMILES string of the molecule is COc1cc2nccc(Oc3ccc(NC(=S)NC(=O)c4c(Cl)cccc4Cl)cc3F)c2cc1OC. The number of nitrogens with zero attached hydrogens (tertiary/aromatic N) is 1. The van der Waals surface area contributed by atoms with Gasteiger partial charge >= 0.3 is 0 Å². The van der Waals surface area contributed by atoms with Gasteiger partial charge in [-0.1, -0.05) is 29.3 Å². The second-order valence-corrected chi connectivity index (χ2v) is 8.51. The molecule has 184 valence electrons. The number of carbonyl (C=O) groups excluding carboxylic acids is 1. The summed E-state index contributed by atoms with van der Waals surface area (Å²) in [7, 11) is 3.04. The van der Waals surface area contributed by atoms with Crippen LogP contribution in [0, 0.1) is 5.82 Å². The first kappa shape index (κ1) is 25.4. The quantitative estimate of drug-likeness (QED) is 0.263. The smallest absolute Gasteiger partial charge is 0.260 e. The van der Waals surface area contributed by atoms with E-state index in [4.69, 9.17) is 49.6 Å². The van der Waals surface area contributed by atoms with E-state index in [1.807, 2.05) is 0 Å². The number of aromatic nitrogens is 1. The van der Waals surface area contributed by atoms with Gasteiger partial charge in [-0.3, -0.25) is 15.1 Å². The third-order valence-electron chi connectivity index (χ3n) is 5.03. The van der Waals surface area contributed by atoms with Crippen LogP contribution in [0.2, 0.25) is 10.0 Å². The zero-order valence-corrected chi connectivity index (χ0v) is 21.2. The lowest BCUT2D eigenvalue weighted by molar-refractivity contribution is 0.0978. The number of thiocarbonyl (C=S) groups is 1. The lowest BCUT2D eigenvalue weighted by atomic mass is 10.2. The van der Waals surface area contributed by atoms with Gasteiger partial charge in [0.2, 0.25) is 0 Å². The lowest BCUT2D eigenvalue weighted by Crippen LogP contribution is -2.34. The number of hydrogen-bond donors (Lipinski definition) is 2. The van der Waals surface area contributed by atoms with Gasteiger partial charge < -0.3 is 19.5 Å². The van der Waals surface area contributed by atoms with E-state index < -0.39 is 11.7 Å². The summed E-state index contributed by atoms with van der Waals surface area (Å²) in [6.07, 6.45) is 1.55. The van der Waals surface area contributed by atoms with Crippen LogP contribution in [0.25, 0.3) is 10.9 Å². The Morgan fingerprint density at radius 2 is 1.64 bits per heavy atom. The van der Waals surface area contributed by atoms with Gasteiger partial charge in [0.15, 0.2) is 28.2 Å². The molecule has 0 atom stereocenters. The van der Waals surface area contributed by atoms with Crippen LogP contribution in [-0.2, 0) is 0 Å². The molecule has 0 aliphatic rings. The van der Waals surface area contributed by atoms with Crippen molar-refractivity contribution in [1.82, 2.24) is 10.3 Å². The number of pyridine rings is 1. The fourth-order valence-corrected chi connectivity index (χ4v) is 4.14. The lowest BCUT2D eigenvalue weighted by Gasteiger charge is -2.14. The van der Waals surface area contributed by atoms with Gasteiger partial charge in [0.05, 0.1) is 35.3 Å². The molecule has 0 fully saturated rings. The van der Waals surface area contributed by atoms with Gasteiger partial charge in [-0.05, 0) is 48.6 Å². The molecule has 0 spiro atoms. The Kier molecular flexibility index (Phi) is 7.73. The highest BCUT2D eigenvalue weighted by atomic mass is 35.5. The topological polar surface area (TPSA) is 81.7 Å². The summed E-state index contributed by atoms with van der Waals surface area (Å²) < 4.78 is 31.4. The minimum Gasteiger partial charge on any atom is -0.493 e. The van der Waals surface area contributed by atoms with Crippen LogP contribution in [0.5, 0.6) is 23.0 Å². The van der Waals surface area contributed by atoms with E-state index in [2.05, 4.69) is 15.6 Å². The van der Waals surface area contributed by atoms with Crippen LogP contribution >= 0.6 is 35.4 Å². The number of anilines is 1. The maximum Gasteiger partial charge on any atom is 0.260 e. The Balaban J connectivity index is 1.50. The zero-order valence-electron chi connectivity index (χ0n) is 18.9.